The Kier molecular flexibility index (Phi) is 6.65. The van der Waals surface area contributed by atoms with Crippen LogP contribution in [-0.2, 0) is 21.4 Å². The largest absolute Gasteiger partial charge is 0.491 e. The summed E-state index contributed by atoms with van der Waals surface area (Å²) in [6, 6.07) is 11.2. The zero-order valence-electron chi connectivity index (χ0n) is 18.4. The quantitative estimate of drug-likeness (QED) is 0.307. The van der Waals surface area contributed by atoms with Gasteiger partial charge in [-0.25, -0.2) is 8.42 Å². The summed E-state index contributed by atoms with van der Waals surface area (Å²) in [5, 5.41) is 1.09. The van der Waals surface area contributed by atoms with E-state index in [0.717, 1.165) is 38.3 Å². The molecule has 0 N–H and O–H groups in total. The third kappa shape index (κ3) is 4.45. The number of aromatic nitrogens is 1. The van der Waals surface area contributed by atoms with Crippen molar-refractivity contribution in [3.05, 3.63) is 57.3 Å². The molecule has 1 fully saturated rings. The summed E-state index contributed by atoms with van der Waals surface area (Å²) in [5.41, 5.74) is 2.92. The van der Waals surface area contributed by atoms with E-state index in [1.54, 1.807) is 22.5 Å². The first-order chi connectivity index (χ1) is 15.2. The van der Waals surface area contributed by atoms with Crippen LogP contribution < -0.4 is 4.74 Å². The molecule has 0 radical (unpaired) electrons. The fourth-order valence-corrected chi connectivity index (χ4v) is 6.43. The number of hydrogen-bond acceptors (Lipinski definition) is 4. The molecule has 0 aliphatic carbocycles. The number of fused-ring (bicyclic) bond motifs is 1. The van der Waals surface area contributed by atoms with Gasteiger partial charge in [0.15, 0.2) is 0 Å². The lowest BCUT2D eigenvalue weighted by atomic mass is 9.98. The predicted octanol–water partition coefficient (Wildman–Crippen LogP) is 4.72. The van der Waals surface area contributed by atoms with E-state index in [1.807, 2.05) is 37.6 Å². The van der Waals surface area contributed by atoms with Gasteiger partial charge in [-0.3, -0.25) is 0 Å². The number of nitrogens with zero attached hydrogens (tertiary/aromatic N) is 2. The zero-order chi connectivity index (χ0) is 23.0. The highest BCUT2D eigenvalue weighted by Crippen LogP contribution is 2.37. The van der Waals surface area contributed by atoms with Crippen LogP contribution in [0.25, 0.3) is 10.9 Å². The van der Waals surface area contributed by atoms with E-state index in [4.69, 9.17) is 4.74 Å². The smallest absolute Gasteiger partial charge is 0.243 e. The molecule has 1 aliphatic rings. The summed E-state index contributed by atoms with van der Waals surface area (Å²) >= 11 is 2.26. The lowest BCUT2D eigenvalue weighted by Crippen LogP contribution is -2.28. The fraction of sp³-hybridized carbons (Fsp3) is 0.375. The number of rotatable bonds is 7. The number of hydrogen-bond donors (Lipinski definition) is 0. The van der Waals surface area contributed by atoms with Gasteiger partial charge in [0, 0.05) is 39.7 Å². The minimum Gasteiger partial charge on any atom is -0.491 e. The molecule has 0 saturated carbocycles. The van der Waals surface area contributed by atoms with Crippen LogP contribution in [0.4, 0.5) is 0 Å². The number of sulfonamides is 1. The highest BCUT2D eigenvalue weighted by Gasteiger charge is 2.34. The SMILES string of the molecule is Cc1cc(S(=O)(=O)N2CCC(c3cn(CC=O)c4cc(I)ccc34)C2)ccc1OC(C)C. The van der Waals surface area contributed by atoms with Gasteiger partial charge in [-0.15, -0.1) is 0 Å². The van der Waals surface area contributed by atoms with Crippen LogP contribution in [0.3, 0.4) is 0 Å². The Bertz CT molecular complexity index is 1270. The topological polar surface area (TPSA) is 68.6 Å². The van der Waals surface area contributed by atoms with Crippen molar-refractivity contribution < 1.29 is 17.9 Å². The van der Waals surface area contributed by atoms with Crippen LogP contribution in [-0.4, -0.2) is 42.8 Å². The van der Waals surface area contributed by atoms with Crippen LogP contribution in [0.5, 0.6) is 5.75 Å². The lowest BCUT2D eigenvalue weighted by Gasteiger charge is -2.18. The molecule has 6 nitrogen and oxygen atoms in total. The molecule has 4 rings (SSSR count). The molecule has 1 unspecified atom stereocenters. The van der Waals surface area contributed by atoms with Crippen molar-refractivity contribution in [1.82, 2.24) is 8.87 Å². The van der Waals surface area contributed by atoms with Crippen molar-refractivity contribution in [2.24, 2.45) is 0 Å². The van der Waals surface area contributed by atoms with E-state index in [2.05, 4.69) is 34.7 Å². The number of ether oxygens (including phenoxy) is 1. The van der Waals surface area contributed by atoms with Crippen LogP contribution in [0, 0.1) is 10.5 Å². The predicted molar refractivity (Wildman–Crippen MR) is 134 cm³/mol. The van der Waals surface area contributed by atoms with Crippen molar-refractivity contribution in [1.29, 1.82) is 0 Å². The molecule has 8 heteroatoms. The van der Waals surface area contributed by atoms with Crippen LogP contribution in [0.2, 0.25) is 0 Å². The maximum absolute atomic E-state index is 13.3. The first-order valence-corrected chi connectivity index (χ1v) is 13.2. The molecule has 0 bridgehead atoms. The van der Waals surface area contributed by atoms with Crippen LogP contribution in [0.15, 0.2) is 47.5 Å². The summed E-state index contributed by atoms with van der Waals surface area (Å²) < 4.78 is 37.1. The average molecular weight is 566 g/mol. The number of aryl methyl sites for hydroxylation is 1. The molecule has 1 aliphatic heterocycles. The number of halogens is 1. The number of carbonyl (C=O) groups excluding carboxylic acids is 1. The average Bonchev–Trinajstić information content (AvgIpc) is 3.35. The number of benzene rings is 2. The van der Waals surface area contributed by atoms with Gasteiger partial charge in [0.05, 0.1) is 17.5 Å². The van der Waals surface area contributed by atoms with Gasteiger partial charge in [-0.2, -0.15) is 4.31 Å². The third-order valence-corrected chi connectivity index (χ3v) is 8.42. The Morgan fingerprint density at radius 2 is 2.00 bits per heavy atom. The van der Waals surface area contributed by atoms with Gasteiger partial charge in [0.25, 0.3) is 0 Å². The van der Waals surface area contributed by atoms with Crippen LogP contribution >= 0.6 is 22.6 Å². The maximum Gasteiger partial charge on any atom is 0.243 e. The van der Waals surface area contributed by atoms with Crippen molar-refractivity contribution in [2.45, 2.75) is 50.7 Å². The van der Waals surface area contributed by atoms with E-state index in [9.17, 15) is 13.2 Å². The van der Waals surface area contributed by atoms with Gasteiger partial charge < -0.3 is 14.1 Å². The van der Waals surface area contributed by atoms with Crippen molar-refractivity contribution in [3.63, 3.8) is 0 Å². The minimum absolute atomic E-state index is 0.0279. The second-order valence-corrected chi connectivity index (χ2v) is 11.7. The molecule has 0 amide bonds. The minimum atomic E-state index is -3.60. The van der Waals surface area contributed by atoms with Gasteiger partial charge in [0.2, 0.25) is 10.0 Å². The standard InChI is InChI=1S/C24H27IN2O4S/c1-16(2)31-24-7-5-20(12-17(24)3)32(29,30)27-9-8-18(14-27)22-15-26(10-11-28)23-13-19(25)4-6-21(22)23/h4-7,11-13,15-16,18H,8-10,14H2,1-3H3. The normalized spacial score (nSPS) is 17.3. The molecule has 170 valence electrons. The lowest BCUT2D eigenvalue weighted by molar-refractivity contribution is -0.108. The van der Waals surface area contributed by atoms with Gasteiger partial charge in [-0.1, -0.05) is 6.07 Å². The Hall–Kier alpha value is -1.91. The fourth-order valence-electron chi connectivity index (χ4n) is 4.37. The maximum atomic E-state index is 13.3. The molecule has 2 aromatic carbocycles. The second-order valence-electron chi connectivity index (χ2n) is 8.51. The first-order valence-electron chi connectivity index (χ1n) is 10.7. The molecular formula is C24H27IN2O4S. The van der Waals surface area contributed by atoms with E-state index >= 15 is 0 Å². The number of aldehydes is 1. The Balaban J connectivity index is 1.61. The highest BCUT2D eigenvalue weighted by molar-refractivity contribution is 14.1. The Morgan fingerprint density at radius 3 is 2.69 bits per heavy atom. The molecule has 1 atom stereocenters. The highest BCUT2D eigenvalue weighted by atomic mass is 127. The summed E-state index contributed by atoms with van der Waals surface area (Å²) in [7, 11) is -3.60. The number of carbonyl (C=O) groups is 1. The molecule has 2 heterocycles. The van der Waals surface area contributed by atoms with E-state index < -0.39 is 10.0 Å². The van der Waals surface area contributed by atoms with E-state index in [-0.39, 0.29) is 18.6 Å². The monoisotopic (exact) mass is 566 g/mol. The second kappa shape index (κ2) is 9.15. The van der Waals surface area contributed by atoms with Gasteiger partial charge in [-0.05, 0) is 91.2 Å². The van der Waals surface area contributed by atoms with Crippen LogP contribution in [0.1, 0.15) is 37.3 Å². The molecule has 0 spiro atoms. The Labute approximate surface area is 202 Å². The Morgan fingerprint density at radius 1 is 1.22 bits per heavy atom. The molecule has 1 saturated heterocycles. The van der Waals surface area contributed by atoms with E-state index in [0.29, 0.717) is 23.7 Å². The summed E-state index contributed by atoms with van der Waals surface area (Å²) in [6.45, 7) is 6.95. The summed E-state index contributed by atoms with van der Waals surface area (Å²) in [6.07, 6.45) is 3.68. The molecule has 32 heavy (non-hydrogen) atoms. The first kappa shape index (κ1) is 23.3. The zero-order valence-corrected chi connectivity index (χ0v) is 21.4. The van der Waals surface area contributed by atoms with E-state index in [1.165, 1.54) is 0 Å². The molecular weight excluding hydrogens is 539 g/mol. The van der Waals surface area contributed by atoms with Crippen molar-refractivity contribution in [2.75, 3.05) is 13.1 Å². The molecule has 3 aromatic rings. The third-order valence-electron chi connectivity index (χ3n) is 5.88. The van der Waals surface area contributed by atoms with Crippen molar-refractivity contribution >= 4 is 49.8 Å². The summed E-state index contributed by atoms with van der Waals surface area (Å²) in [5.74, 6) is 0.792. The van der Waals surface area contributed by atoms with Gasteiger partial charge >= 0.3 is 0 Å². The van der Waals surface area contributed by atoms with Gasteiger partial charge in [0.1, 0.15) is 12.0 Å². The summed E-state index contributed by atoms with van der Waals surface area (Å²) in [4.78, 5) is 11.5. The van der Waals surface area contributed by atoms with Crippen molar-refractivity contribution in [3.8, 4) is 5.75 Å². The molecule has 1 aromatic heterocycles.